The van der Waals surface area contributed by atoms with Gasteiger partial charge in [-0.05, 0) is 13.0 Å². The molecule has 0 aromatic heterocycles. The van der Waals surface area contributed by atoms with Gasteiger partial charge in [-0.25, -0.2) is 0 Å². The van der Waals surface area contributed by atoms with Gasteiger partial charge in [0.05, 0.1) is 6.07 Å². The summed E-state index contributed by atoms with van der Waals surface area (Å²) in [7, 11) is 0. The van der Waals surface area contributed by atoms with E-state index >= 15 is 0 Å². The van der Waals surface area contributed by atoms with Gasteiger partial charge < -0.3 is 10.2 Å². The Kier molecular flexibility index (Phi) is 4.27. The van der Waals surface area contributed by atoms with Crippen LogP contribution in [0.2, 0.25) is 0 Å². The van der Waals surface area contributed by atoms with Crippen molar-refractivity contribution in [3.63, 3.8) is 0 Å². The lowest BCUT2D eigenvalue weighted by Crippen LogP contribution is -2.29. The molecule has 1 rings (SSSR count). The quantitative estimate of drug-likeness (QED) is 0.629. The van der Waals surface area contributed by atoms with E-state index in [0.717, 1.165) is 32.6 Å². The second-order valence-corrected chi connectivity index (χ2v) is 3.20. The normalized spacial score (nSPS) is 18.8. The summed E-state index contributed by atoms with van der Waals surface area (Å²) in [6.07, 6.45) is 2.11. The maximum atomic E-state index is 11.0. The molecule has 4 heteroatoms. The number of nitriles is 1. The number of nitrogens with one attached hydrogen (secondary N) is 1. The number of carbonyl (C=O) groups excluding carboxylic acids is 1. The molecule has 1 amide bonds. The summed E-state index contributed by atoms with van der Waals surface area (Å²) in [6.45, 7) is 3.42. The van der Waals surface area contributed by atoms with Crippen LogP contribution in [-0.2, 0) is 4.79 Å². The van der Waals surface area contributed by atoms with Crippen LogP contribution < -0.4 is 5.32 Å². The number of hydrogen-bond acceptors (Lipinski definition) is 3. The van der Waals surface area contributed by atoms with Gasteiger partial charge in [-0.15, -0.1) is 0 Å². The highest BCUT2D eigenvalue weighted by molar-refractivity contribution is 5.76. The number of hydrogen-bond donors (Lipinski definition) is 1. The Morgan fingerprint density at radius 3 is 3.15 bits per heavy atom. The molecule has 1 N–H and O–H groups in total. The van der Waals surface area contributed by atoms with Gasteiger partial charge in [0.2, 0.25) is 5.91 Å². The third kappa shape index (κ3) is 3.90. The summed E-state index contributed by atoms with van der Waals surface area (Å²) < 4.78 is 0. The number of amides is 1. The second-order valence-electron chi connectivity index (χ2n) is 3.20. The highest BCUT2D eigenvalue weighted by atomic mass is 16.1. The van der Waals surface area contributed by atoms with Crippen molar-refractivity contribution < 1.29 is 4.79 Å². The Morgan fingerprint density at radius 2 is 2.38 bits per heavy atom. The van der Waals surface area contributed by atoms with E-state index in [1.165, 1.54) is 0 Å². The molecular weight excluding hydrogens is 166 g/mol. The molecular formula is C9H15N3O. The van der Waals surface area contributed by atoms with Crippen LogP contribution in [0.3, 0.4) is 0 Å². The lowest BCUT2D eigenvalue weighted by atomic mass is 10.3. The van der Waals surface area contributed by atoms with Crippen molar-refractivity contribution in [3.8, 4) is 6.07 Å². The first kappa shape index (κ1) is 10.0. The molecule has 1 heterocycles. The van der Waals surface area contributed by atoms with Gasteiger partial charge in [0.15, 0.2) is 0 Å². The Hall–Kier alpha value is -1.08. The van der Waals surface area contributed by atoms with Gasteiger partial charge in [-0.1, -0.05) is 0 Å². The minimum absolute atomic E-state index is 0.141. The van der Waals surface area contributed by atoms with E-state index < -0.39 is 0 Å². The van der Waals surface area contributed by atoms with E-state index in [1.807, 2.05) is 0 Å². The Balaban J connectivity index is 2.19. The van der Waals surface area contributed by atoms with Gasteiger partial charge in [0, 0.05) is 32.5 Å². The van der Waals surface area contributed by atoms with E-state index in [-0.39, 0.29) is 5.91 Å². The molecule has 0 bridgehead atoms. The fourth-order valence-electron chi connectivity index (χ4n) is 1.42. The molecule has 0 spiro atoms. The number of rotatable bonds is 3. The molecule has 0 aromatic rings. The van der Waals surface area contributed by atoms with Gasteiger partial charge in [-0.2, -0.15) is 5.26 Å². The molecule has 0 aromatic carbocycles. The van der Waals surface area contributed by atoms with Crippen molar-refractivity contribution in [3.05, 3.63) is 0 Å². The number of nitrogens with zero attached hydrogens (tertiary/aromatic N) is 2. The van der Waals surface area contributed by atoms with Crippen LogP contribution in [0.15, 0.2) is 0 Å². The zero-order valence-corrected chi connectivity index (χ0v) is 7.75. The van der Waals surface area contributed by atoms with Crippen molar-refractivity contribution in [1.82, 2.24) is 10.2 Å². The van der Waals surface area contributed by atoms with Crippen molar-refractivity contribution in [2.45, 2.75) is 19.3 Å². The lowest BCUT2D eigenvalue weighted by molar-refractivity contribution is -0.120. The van der Waals surface area contributed by atoms with Crippen molar-refractivity contribution in [1.29, 1.82) is 5.26 Å². The SMILES string of the molecule is N#CCCCN1CCNC(=O)CC1. The summed E-state index contributed by atoms with van der Waals surface area (Å²) in [6, 6.07) is 2.12. The molecule has 0 aliphatic carbocycles. The van der Waals surface area contributed by atoms with E-state index in [1.54, 1.807) is 0 Å². The van der Waals surface area contributed by atoms with Crippen molar-refractivity contribution in [2.75, 3.05) is 26.2 Å². The molecule has 1 aliphatic rings. The molecule has 4 nitrogen and oxygen atoms in total. The lowest BCUT2D eigenvalue weighted by Gasteiger charge is -2.17. The van der Waals surface area contributed by atoms with E-state index in [0.29, 0.717) is 12.8 Å². The monoisotopic (exact) mass is 181 g/mol. The maximum Gasteiger partial charge on any atom is 0.221 e. The second kappa shape index (κ2) is 5.55. The van der Waals surface area contributed by atoms with Crippen LogP contribution in [0.25, 0.3) is 0 Å². The minimum atomic E-state index is 0.141. The molecule has 0 atom stereocenters. The minimum Gasteiger partial charge on any atom is -0.355 e. The average molecular weight is 181 g/mol. The van der Waals surface area contributed by atoms with Crippen LogP contribution in [0.5, 0.6) is 0 Å². The topological polar surface area (TPSA) is 56.1 Å². The van der Waals surface area contributed by atoms with Crippen molar-refractivity contribution in [2.24, 2.45) is 0 Å². The van der Waals surface area contributed by atoms with Crippen LogP contribution in [0.1, 0.15) is 19.3 Å². The summed E-state index contributed by atoms with van der Waals surface area (Å²) in [4.78, 5) is 13.2. The molecule has 72 valence electrons. The largest absolute Gasteiger partial charge is 0.355 e. The highest BCUT2D eigenvalue weighted by Gasteiger charge is 2.11. The molecule has 1 fully saturated rings. The fraction of sp³-hybridized carbons (Fsp3) is 0.778. The summed E-state index contributed by atoms with van der Waals surface area (Å²) in [5.41, 5.74) is 0. The first-order valence-corrected chi connectivity index (χ1v) is 4.69. The van der Waals surface area contributed by atoms with Gasteiger partial charge in [0.25, 0.3) is 0 Å². The number of carbonyl (C=O) groups is 1. The Morgan fingerprint density at radius 1 is 1.54 bits per heavy atom. The molecule has 0 radical (unpaired) electrons. The fourth-order valence-corrected chi connectivity index (χ4v) is 1.42. The highest BCUT2D eigenvalue weighted by Crippen LogP contribution is 1.99. The summed E-state index contributed by atoms with van der Waals surface area (Å²) in [5, 5.41) is 11.2. The van der Waals surface area contributed by atoms with Crippen LogP contribution in [-0.4, -0.2) is 37.0 Å². The first-order valence-electron chi connectivity index (χ1n) is 4.69. The third-order valence-electron chi connectivity index (χ3n) is 2.17. The smallest absolute Gasteiger partial charge is 0.221 e. The predicted molar refractivity (Wildman–Crippen MR) is 48.9 cm³/mol. The van der Waals surface area contributed by atoms with E-state index in [4.69, 9.17) is 5.26 Å². The maximum absolute atomic E-state index is 11.0. The average Bonchev–Trinajstić information content (AvgIpc) is 2.32. The standard InChI is InChI=1S/C9H15N3O/c10-4-1-2-6-12-7-3-9(13)11-5-8-12/h1-3,5-8H2,(H,11,13). The molecule has 13 heavy (non-hydrogen) atoms. The Labute approximate surface area is 78.5 Å². The van der Waals surface area contributed by atoms with Crippen molar-refractivity contribution >= 4 is 5.91 Å². The van der Waals surface area contributed by atoms with E-state index in [9.17, 15) is 4.79 Å². The summed E-state index contributed by atoms with van der Waals surface area (Å²) in [5.74, 6) is 0.141. The first-order chi connectivity index (χ1) is 6.33. The molecule has 1 saturated heterocycles. The van der Waals surface area contributed by atoms with Gasteiger partial charge >= 0.3 is 0 Å². The summed E-state index contributed by atoms with van der Waals surface area (Å²) >= 11 is 0. The predicted octanol–water partition coefficient (Wildman–Crippen LogP) is 0.112. The third-order valence-corrected chi connectivity index (χ3v) is 2.17. The molecule has 1 aliphatic heterocycles. The molecule has 0 saturated carbocycles. The van der Waals surface area contributed by atoms with Gasteiger partial charge in [-0.3, -0.25) is 4.79 Å². The zero-order valence-electron chi connectivity index (χ0n) is 7.75. The zero-order chi connectivity index (χ0) is 9.52. The molecule has 0 unspecified atom stereocenters. The Bertz CT molecular complexity index is 209. The van der Waals surface area contributed by atoms with Gasteiger partial charge in [0.1, 0.15) is 0 Å². The van der Waals surface area contributed by atoms with Crippen LogP contribution in [0.4, 0.5) is 0 Å². The van der Waals surface area contributed by atoms with Crippen LogP contribution in [0, 0.1) is 11.3 Å². The van der Waals surface area contributed by atoms with E-state index in [2.05, 4.69) is 16.3 Å². The number of unbranched alkanes of at least 4 members (excludes halogenated alkanes) is 1. The van der Waals surface area contributed by atoms with Crippen LogP contribution >= 0.6 is 0 Å².